The molecule has 2 aromatic rings. The maximum Gasteiger partial charge on any atom is 0.321 e. The minimum Gasteiger partial charge on any atom is -0.322 e. The van der Waals surface area contributed by atoms with E-state index >= 15 is 0 Å². The topological polar surface area (TPSA) is 45.2 Å². The molecule has 0 saturated carbocycles. The van der Waals surface area contributed by atoms with Crippen LogP contribution >= 0.6 is 11.6 Å². The molecule has 0 fully saturated rings. The lowest BCUT2D eigenvalue weighted by Crippen LogP contribution is -2.31. The lowest BCUT2D eigenvalue weighted by molar-refractivity contribution is 0.220. The van der Waals surface area contributed by atoms with Gasteiger partial charge in [-0.3, -0.25) is 4.98 Å². The number of nitrogens with one attached hydrogen (secondary N) is 1. The minimum absolute atomic E-state index is 0.0322. The number of hydrogen-bond acceptors (Lipinski definition) is 2. The van der Waals surface area contributed by atoms with E-state index in [1.807, 2.05) is 18.2 Å². The van der Waals surface area contributed by atoms with E-state index in [1.54, 1.807) is 13.2 Å². The highest BCUT2D eigenvalue weighted by molar-refractivity contribution is 6.31. The van der Waals surface area contributed by atoms with Crippen LogP contribution in [0.25, 0.3) is 0 Å². The highest BCUT2D eigenvalue weighted by Crippen LogP contribution is 2.19. The summed E-state index contributed by atoms with van der Waals surface area (Å²) in [6.45, 7) is 0.377. The number of pyridine rings is 1. The number of carbonyl (C=O) groups excluding carboxylic acids is 1. The molecule has 1 aromatic carbocycles. The largest absolute Gasteiger partial charge is 0.322 e. The Morgan fingerprint density at radius 2 is 2.20 bits per heavy atom. The Morgan fingerprint density at radius 3 is 2.85 bits per heavy atom. The van der Waals surface area contributed by atoms with E-state index in [0.717, 1.165) is 5.69 Å². The van der Waals surface area contributed by atoms with E-state index in [0.29, 0.717) is 12.2 Å². The van der Waals surface area contributed by atoms with Crippen LogP contribution in [0.4, 0.5) is 14.9 Å². The van der Waals surface area contributed by atoms with Crippen LogP contribution < -0.4 is 5.32 Å². The SMILES string of the molecule is CN(Cc1ccccn1)C(=O)Nc1ccc(F)c(Cl)c1. The van der Waals surface area contributed by atoms with Gasteiger partial charge in [-0.15, -0.1) is 0 Å². The van der Waals surface area contributed by atoms with Crippen molar-refractivity contribution in [1.29, 1.82) is 0 Å². The zero-order chi connectivity index (χ0) is 14.5. The van der Waals surface area contributed by atoms with E-state index in [2.05, 4.69) is 10.3 Å². The molecule has 0 aliphatic carbocycles. The van der Waals surface area contributed by atoms with Crippen molar-refractivity contribution in [1.82, 2.24) is 9.88 Å². The monoisotopic (exact) mass is 293 g/mol. The molecule has 0 aliphatic heterocycles. The molecule has 4 nitrogen and oxygen atoms in total. The first-order valence-corrected chi connectivity index (χ1v) is 6.31. The molecule has 1 heterocycles. The Morgan fingerprint density at radius 1 is 1.40 bits per heavy atom. The Kier molecular flexibility index (Phi) is 4.53. The average molecular weight is 294 g/mol. The fraction of sp³-hybridized carbons (Fsp3) is 0.143. The molecule has 0 atom stereocenters. The summed E-state index contributed by atoms with van der Waals surface area (Å²) in [5, 5.41) is 2.61. The second-order valence-electron chi connectivity index (χ2n) is 4.24. The molecule has 0 radical (unpaired) electrons. The van der Waals surface area contributed by atoms with Crippen LogP contribution in [0.1, 0.15) is 5.69 Å². The third-order valence-electron chi connectivity index (χ3n) is 2.64. The van der Waals surface area contributed by atoms with Crippen LogP contribution in [0.2, 0.25) is 5.02 Å². The van der Waals surface area contributed by atoms with Crippen LogP contribution in [0.5, 0.6) is 0 Å². The van der Waals surface area contributed by atoms with Gasteiger partial charge in [-0.25, -0.2) is 9.18 Å². The zero-order valence-electron chi connectivity index (χ0n) is 10.8. The van der Waals surface area contributed by atoms with E-state index < -0.39 is 5.82 Å². The number of carbonyl (C=O) groups is 1. The van der Waals surface area contributed by atoms with Crippen molar-refractivity contribution in [2.45, 2.75) is 6.54 Å². The van der Waals surface area contributed by atoms with Crippen molar-refractivity contribution in [3.63, 3.8) is 0 Å². The number of hydrogen-bond donors (Lipinski definition) is 1. The second-order valence-corrected chi connectivity index (χ2v) is 4.64. The molecule has 1 aromatic heterocycles. The lowest BCUT2D eigenvalue weighted by Gasteiger charge is -2.17. The third-order valence-corrected chi connectivity index (χ3v) is 2.93. The van der Waals surface area contributed by atoms with Crippen LogP contribution in [-0.4, -0.2) is 23.0 Å². The molecule has 2 rings (SSSR count). The van der Waals surface area contributed by atoms with E-state index in [-0.39, 0.29) is 11.1 Å². The maximum atomic E-state index is 13.0. The minimum atomic E-state index is -0.522. The highest BCUT2D eigenvalue weighted by atomic mass is 35.5. The van der Waals surface area contributed by atoms with Gasteiger partial charge >= 0.3 is 6.03 Å². The van der Waals surface area contributed by atoms with Gasteiger partial charge in [0.15, 0.2) is 0 Å². The fourth-order valence-corrected chi connectivity index (χ4v) is 1.78. The summed E-state index contributed by atoms with van der Waals surface area (Å²) in [5.74, 6) is -0.522. The Hall–Kier alpha value is -2.14. The van der Waals surface area contributed by atoms with Crippen molar-refractivity contribution in [3.05, 3.63) is 59.1 Å². The molecule has 0 aliphatic rings. The summed E-state index contributed by atoms with van der Waals surface area (Å²) >= 11 is 5.66. The standard InChI is InChI=1S/C14H13ClFN3O/c1-19(9-11-4-2-3-7-17-11)14(20)18-10-5-6-13(16)12(15)8-10/h2-8H,9H2,1H3,(H,18,20). The van der Waals surface area contributed by atoms with E-state index in [4.69, 9.17) is 11.6 Å². The normalized spacial score (nSPS) is 10.2. The summed E-state index contributed by atoms with van der Waals surface area (Å²) < 4.78 is 13.0. The van der Waals surface area contributed by atoms with Gasteiger partial charge in [-0.1, -0.05) is 17.7 Å². The molecule has 6 heteroatoms. The van der Waals surface area contributed by atoms with Gasteiger partial charge in [0.25, 0.3) is 0 Å². The van der Waals surface area contributed by atoms with Crippen molar-refractivity contribution < 1.29 is 9.18 Å². The van der Waals surface area contributed by atoms with Crippen LogP contribution in [0.15, 0.2) is 42.6 Å². The van der Waals surface area contributed by atoms with Gasteiger partial charge in [0, 0.05) is 18.9 Å². The van der Waals surface area contributed by atoms with Crippen molar-refractivity contribution in [3.8, 4) is 0 Å². The quantitative estimate of drug-likeness (QED) is 0.941. The average Bonchev–Trinajstić information content (AvgIpc) is 2.44. The molecule has 0 bridgehead atoms. The van der Waals surface area contributed by atoms with E-state index in [1.165, 1.54) is 23.1 Å². The predicted molar refractivity (Wildman–Crippen MR) is 76.1 cm³/mol. The number of urea groups is 1. The predicted octanol–water partition coefficient (Wildman–Crippen LogP) is 3.54. The first kappa shape index (κ1) is 14.3. The van der Waals surface area contributed by atoms with Gasteiger partial charge in [-0.05, 0) is 30.3 Å². The molecule has 1 N–H and O–H groups in total. The first-order valence-electron chi connectivity index (χ1n) is 5.93. The number of amides is 2. The first-order chi connectivity index (χ1) is 9.56. The van der Waals surface area contributed by atoms with Crippen LogP contribution in [0.3, 0.4) is 0 Å². The van der Waals surface area contributed by atoms with Gasteiger partial charge in [0.1, 0.15) is 5.82 Å². The molecule has 0 unspecified atom stereocenters. The Labute approximate surface area is 121 Å². The lowest BCUT2D eigenvalue weighted by atomic mass is 10.3. The number of halogens is 2. The zero-order valence-corrected chi connectivity index (χ0v) is 11.6. The van der Waals surface area contributed by atoms with Crippen molar-refractivity contribution in [2.24, 2.45) is 0 Å². The van der Waals surface area contributed by atoms with Gasteiger partial charge in [0.2, 0.25) is 0 Å². The number of nitrogens with zero attached hydrogens (tertiary/aromatic N) is 2. The second kappa shape index (κ2) is 6.34. The number of benzene rings is 1. The summed E-state index contributed by atoms with van der Waals surface area (Å²) in [4.78, 5) is 17.6. The third kappa shape index (κ3) is 3.68. The van der Waals surface area contributed by atoms with Gasteiger partial charge < -0.3 is 10.2 Å². The molecule has 2 amide bonds. The molecular formula is C14H13ClFN3O. The number of aromatic nitrogens is 1. The molecule has 104 valence electrons. The highest BCUT2D eigenvalue weighted by Gasteiger charge is 2.10. The fourth-order valence-electron chi connectivity index (χ4n) is 1.60. The van der Waals surface area contributed by atoms with Crippen molar-refractivity contribution in [2.75, 3.05) is 12.4 Å². The summed E-state index contributed by atoms with van der Waals surface area (Å²) in [7, 11) is 1.65. The smallest absolute Gasteiger partial charge is 0.321 e. The summed E-state index contributed by atoms with van der Waals surface area (Å²) in [5.41, 5.74) is 1.22. The van der Waals surface area contributed by atoms with Crippen molar-refractivity contribution >= 4 is 23.3 Å². The Bertz CT molecular complexity index is 607. The number of rotatable bonds is 3. The molecule has 20 heavy (non-hydrogen) atoms. The van der Waals surface area contributed by atoms with Gasteiger partial charge in [-0.2, -0.15) is 0 Å². The summed E-state index contributed by atoms with van der Waals surface area (Å²) in [6, 6.07) is 9.20. The molecule has 0 spiro atoms. The van der Waals surface area contributed by atoms with Gasteiger partial charge in [0.05, 0.1) is 17.3 Å². The summed E-state index contributed by atoms with van der Waals surface area (Å²) in [6.07, 6.45) is 1.67. The van der Waals surface area contributed by atoms with E-state index in [9.17, 15) is 9.18 Å². The number of anilines is 1. The van der Waals surface area contributed by atoms with Crippen LogP contribution in [-0.2, 0) is 6.54 Å². The molecule has 0 saturated heterocycles. The maximum absolute atomic E-state index is 13.0. The van der Waals surface area contributed by atoms with Crippen LogP contribution in [0, 0.1) is 5.82 Å². The Balaban J connectivity index is 1.99. The molecular weight excluding hydrogens is 281 g/mol.